The van der Waals surface area contributed by atoms with Crippen molar-refractivity contribution in [3.8, 4) is 0 Å². The maximum atomic E-state index is 12.8. The number of allylic oxidation sites excluding steroid dienone is 6. The lowest BCUT2D eigenvalue weighted by atomic mass is 10.2. The molecule has 0 saturated heterocycles. The minimum Gasteiger partial charge on any atom is -0.370 e. The lowest BCUT2D eigenvalue weighted by Crippen LogP contribution is -2.16. The van der Waals surface area contributed by atoms with Crippen LogP contribution >= 0.6 is 11.6 Å². The fraction of sp³-hybridized carbons (Fsp3) is 0.217. The molecule has 2 rings (SSSR count). The molecule has 0 fully saturated rings. The molecule has 5 heteroatoms. The van der Waals surface area contributed by atoms with E-state index in [0.717, 1.165) is 24.0 Å². The number of carbonyl (C=O) groups excluding carboxylic acids is 1. The number of unbranched alkanes of at least 4 members (excludes halogenated alkanes) is 1. The topological polar surface area (TPSA) is 33.2 Å². The predicted molar refractivity (Wildman–Crippen MR) is 116 cm³/mol. The van der Waals surface area contributed by atoms with Crippen LogP contribution in [0.5, 0.6) is 0 Å². The Morgan fingerprint density at radius 1 is 1.07 bits per heavy atom. The van der Waals surface area contributed by atoms with Gasteiger partial charge in [0, 0.05) is 31.9 Å². The summed E-state index contributed by atoms with van der Waals surface area (Å²) in [7, 11) is 1.95. The Morgan fingerprint density at radius 3 is 2.43 bits per heavy atom. The fourth-order valence-corrected chi connectivity index (χ4v) is 2.33. The molecule has 0 amide bonds. The number of benzene rings is 1. The average molecular weight is 401 g/mol. The summed E-state index contributed by atoms with van der Waals surface area (Å²) in [5.74, 6) is -0.219. The quantitative estimate of drug-likeness (QED) is 0.230. The number of hydrogen-bond donors (Lipinski definition) is 0. The van der Waals surface area contributed by atoms with Gasteiger partial charge in [-0.3, -0.25) is 0 Å². The molecule has 1 heterocycles. The number of aromatic nitrogens is 1. The molecule has 28 heavy (non-hydrogen) atoms. The van der Waals surface area contributed by atoms with Gasteiger partial charge in [-0.2, -0.15) is 0 Å². The monoisotopic (exact) mass is 400 g/mol. The van der Waals surface area contributed by atoms with E-state index in [2.05, 4.69) is 4.98 Å². The van der Waals surface area contributed by atoms with Crippen molar-refractivity contribution in [2.45, 2.75) is 26.3 Å². The molecule has 0 saturated carbocycles. The van der Waals surface area contributed by atoms with E-state index < -0.39 is 0 Å². The molecule has 0 aliphatic rings. The van der Waals surface area contributed by atoms with Gasteiger partial charge in [0.1, 0.15) is 17.3 Å². The Bertz CT molecular complexity index is 785. The van der Waals surface area contributed by atoms with Crippen molar-refractivity contribution in [3.05, 3.63) is 95.6 Å². The van der Waals surface area contributed by atoms with Gasteiger partial charge in [-0.15, -0.1) is 0 Å². The molecule has 0 N–H and O–H groups in total. The van der Waals surface area contributed by atoms with Crippen molar-refractivity contribution in [2.24, 2.45) is 0 Å². The van der Waals surface area contributed by atoms with Crippen LogP contribution in [0.15, 0.2) is 79.1 Å². The van der Waals surface area contributed by atoms with Crippen LogP contribution in [0.1, 0.15) is 25.3 Å². The molecular formula is C23H26ClFN2O. The highest BCUT2D eigenvalue weighted by Crippen LogP contribution is 2.18. The number of halogens is 2. The molecule has 0 aliphatic heterocycles. The molecule has 148 valence electrons. The minimum atomic E-state index is -0.219. The number of anilines is 1. The number of hydrogen-bond acceptors (Lipinski definition) is 3. The molecule has 1 aromatic heterocycles. The van der Waals surface area contributed by atoms with E-state index in [4.69, 9.17) is 11.6 Å². The van der Waals surface area contributed by atoms with Gasteiger partial charge < -0.3 is 9.69 Å². The van der Waals surface area contributed by atoms with Gasteiger partial charge in [0.2, 0.25) is 0 Å². The van der Waals surface area contributed by atoms with Crippen LogP contribution < -0.4 is 4.90 Å². The maximum Gasteiger partial charge on any atom is 0.131 e. The van der Waals surface area contributed by atoms with Crippen molar-refractivity contribution >= 4 is 23.6 Å². The second kappa shape index (κ2) is 14.4. The molecule has 0 bridgehead atoms. The first-order valence-corrected chi connectivity index (χ1v) is 9.40. The molecular weight excluding hydrogens is 375 g/mol. The fourth-order valence-electron chi connectivity index (χ4n) is 2.16. The van der Waals surface area contributed by atoms with E-state index in [1.807, 2.05) is 61.4 Å². The van der Waals surface area contributed by atoms with Crippen molar-refractivity contribution in [1.82, 2.24) is 4.98 Å². The van der Waals surface area contributed by atoms with Crippen LogP contribution in [-0.2, 0) is 11.3 Å². The first-order chi connectivity index (χ1) is 13.6. The average Bonchev–Trinajstić information content (AvgIpc) is 2.69. The summed E-state index contributed by atoms with van der Waals surface area (Å²) in [6.07, 6.45) is 15.8. The van der Waals surface area contributed by atoms with Gasteiger partial charge >= 0.3 is 0 Å². The standard InChI is InChI=1S/C13H12ClFN2.C10H14O/c1-17(12-6-7-16-13(14)8-12)9-10-2-4-11(15)5-3-10;1-2-3-4-5-6-7-8-9-10-11/h2-8H,9H2,1H3;2-7,10H,8-9H2,1H3/b;3-2-,5-4-,7-6+. The smallest absolute Gasteiger partial charge is 0.131 e. The predicted octanol–water partition coefficient (Wildman–Crippen LogP) is 6.16. The molecule has 2 aromatic rings. The lowest BCUT2D eigenvalue weighted by molar-refractivity contribution is -0.107. The van der Waals surface area contributed by atoms with Crippen molar-refractivity contribution < 1.29 is 9.18 Å². The summed E-state index contributed by atoms with van der Waals surface area (Å²) >= 11 is 5.83. The first-order valence-electron chi connectivity index (χ1n) is 9.02. The van der Waals surface area contributed by atoms with Gasteiger partial charge in [-0.05, 0) is 43.2 Å². The van der Waals surface area contributed by atoms with Crippen molar-refractivity contribution in [3.63, 3.8) is 0 Å². The maximum absolute atomic E-state index is 12.8. The highest BCUT2D eigenvalue weighted by Gasteiger charge is 2.03. The molecule has 0 spiro atoms. The lowest BCUT2D eigenvalue weighted by Gasteiger charge is -2.19. The zero-order chi connectivity index (χ0) is 20.6. The molecule has 0 unspecified atom stereocenters. The van der Waals surface area contributed by atoms with Crippen LogP contribution in [0.25, 0.3) is 0 Å². The molecule has 1 aromatic carbocycles. The zero-order valence-corrected chi connectivity index (χ0v) is 17.0. The number of carbonyl (C=O) groups is 1. The Labute approximate surface area is 171 Å². The molecule has 0 aliphatic carbocycles. The summed E-state index contributed by atoms with van der Waals surface area (Å²) in [6, 6.07) is 10.1. The number of pyridine rings is 1. The summed E-state index contributed by atoms with van der Waals surface area (Å²) in [5.41, 5.74) is 2.02. The third-order valence-electron chi connectivity index (χ3n) is 3.60. The largest absolute Gasteiger partial charge is 0.370 e. The Hall–Kier alpha value is -2.72. The zero-order valence-electron chi connectivity index (χ0n) is 16.3. The number of rotatable bonds is 8. The Balaban J connectivity index is 0.000000311. The summed E-state index contributed by atoms with van der Waals surface area (Å²) in [6.45, 7) is 2.67. The van der Waals surface area contributed by atoms with E-state index in [9.17, 15) is 9.18 Å². The molecule has 3 nitrogen and oxygen atoms in total. The second-order valence-electron chi connectivity index (χ2n) is 5.90. The van der Waals surface area contributed by atoms with Gasteiger partial charge in [0.25, 0.3) is 0 Å². The van der Waals surface area contributed by atoms with Crippen LogP contribution in [-0.4, -0.2) is 18.3 Å². The summed E-state index contributed by atoms with van der Waals surface area (Å²) in [5, 5.41) is 0.466. The van der Waals surface area contributed by atoms with E-state index >= 15 is 0 Å². The highest BCUT2D eigenvalue weighted by molar-refractivity contribution is 6.29. The minimum absolute atomic E-state index is 0.219. The van der Waals surface area contributed by atoms with Crippen LogP contribution in [0.4, 0.5) is 10.1 Å². The third kappa shape index (κ3) is 10.4. The first kappa shape index (κ1) is 23.3. The second-order valence-corrected chi connectivity index (χ2v) is 6.29. The van der Waals surface area contributed by atoms with Gasteiger partial charge in [0.05, 0.1) is 0 Å². The Morgan fingerprint density at radius 2 is 1.79 bits per heavy atom. The van der Waals surface area contributed by atoms with Crippen molar-refractivity contribution in [2.75, 3.05) is 11.9 Å². The Kier molecular flexibility index (Phi) is 12.0. The normalized spacial score (nSPS) is 11.0. The summed E-state index contributed by atoms with van der Waals surface area (Å²) in [4.78, 5) is 15.8. The van der Waals surface area contributed by atoms with Crippen LogP contribution in [0.2, 0.25) is 5.15 Å². The van der Waals surface area contributed by atoms with E-state index in [-0.39, 0.29) is 5.82 Å². The summed E-state index contributed by atoms with van der Waals surface area (Å²) < 4.78 is 12.8. The van der Waals surface area contributed by atoms with Crippen molar-refractivity contribution in [1.29, 1.82) is 0 Å². The van der Waals surface area contributed by atoms with Crippen LogP contribution in [0, 0.1) is 5.82 Å². The highest BCUT2D eigenvalue weighted by atomic mass is 35.5. The van der Waals surface area contributed by atoms with Gasteiger partial charge in [-0.25, -0.2) is 9.37 Å². The number of nitrogens with zero attached hydrogens (tertiary/aromatic N) is 2. The van der Waals surface area contributed by atoms with Gasteiger partial charge in [0.15, 0.2) is 0 Å². The van der Waals surface area contributed by atoms with E-state index in [0.29, 0.717) is 18.1 Å². The number of aldehydes is 1. The van der Waals surface area contributed by atoms with E-state index in [1.165, 1.54) is 12.1 Å². The van der Waals surface area contributed by atoms with E-state index in [1.54, 1.807) is 24.4 Å². The van der Waals surface area contributed by atoms with Crippen LogP contribution in [0.3, 0.4) is 0 Å². The SMILES string of the molecule is CN(Cc1ccc(F)cc1)c1ccnc(Cl)c1.C\C=C/C=C\C=C\CCC=O. The molecule has 0 atom stereocenters. The van der Waals surface area contributed by atoms with Gasteiger partial charge in [-0.1, -0.05) is 60.2 Å². The molecule has 0 radical (unpaired) electrons. The third-order valence-corrected chi connectivity index (χ3v) is 3.80.